The zero-order valence-electron chi connectivity index (χ0n) is 17.9. The highest BCUT2D eigenvalue weighted by molar-refractivity contribution is 8.13. The van der Waals surface area contributed by atoms with Gasteiger partial charge in [0.1, 0.15) is 6.04 Å². The molecular formula is C24H24N2O4S3. The lowest BCUT2D eigenvalue weighted by atomic mass is 9.99. The third-order valence-electron chi connectivity index (χ3n) is 4.73. The molecule has 0 aliphatic carbocycles. The van der Waals surface area contributed by atoms with E-state index in [2.05, 4.69) is 10.6 Å². The second-order valence-electron chi connectivity index (χ2n) is 7.04. The number of carbonyl (C=O) groups excluding carboxylic acids is 2. The minimum absolute atomic E-state index is 0.192. The van der Waals surface area contributed by atoms with Gasteiger partial charge in [0.25, 0.3) is 11.1 Å². The van der Waals surface area contributed by atoms with Crippen LogP contribution in [-0.2, 0) is 11.3 Å². The molecule has 0 aliphatic rings. The van der Waals surface area contributed by atoms with Crippen molar-refractivity contribution in [1.29, 1.82) is 0 Å². The molecule has 0 saturated carbocycles. The number of thioether (sulfide) groups is 2. The van der Waals surface area contributed by atoms with Crippen molar-refractivity contribution in [3.63, 3.8) is 0 Å². The number of thiophene rings is 1. The molecule has 3 aromatic rings. The maximum Gasteiger partial charge on any atom is 0.326 e. The highest BCUT2D eigenvalue weighted by Gasteiger charge is 2.22. The van der Waals surface area contributed by atoms with E-state index in [1.807, 2.05) is 54.1 Å². The van der Waals surface area contributed by atoms with Crippen molar-refractivity contribution in [3.05, 3.63) is 76.5 Å². The summed E-state index contributed by atoms with van der Waals surface area (Å²) in [5, 5.41) is 16.8. The standard InChI is InChI=1S/C24H24N2O4S3/c1-31-13-11-21(23(28)29)26-22(27)19-10-9-17(14-20(19)16-6-3-2-4-7-16)33-24(30)25-15-18-8-5-12-32-18/h2-10,12,14,21H,11,13,15H2,1H3,(H,25,30)(H,26,27)(H,28,29). The summed E-state index contributed by atoms with van der Waals surface area (Å²) in [6.07, 6.45) is 2.22. The number of hydrogen-bond donors (Lipinski definition) is 3. The fraction of sp³-hybridized carbons (Fsp3) is 0.208. The van der Waals surface area contributed by atoms with Gasteiger partial charge in [-0.1, -0.05) is 36.4 Å². The number of carboxylic acids is 1. The SMILES string of the molecule is CSCCC(NC(=O)c1ccc(SC(=O)NCc2cccs2)cc1-c1ccccc1)C(=O)O. The van der Waals surface area contributed by atoms with Gasteiger partial charge in [-0.05, 0) is 71.0 Å². The molecule has 3 N–H and O–H groups in total. The molecule has 172 valence electrons. The Bertz CT molecular complexity index is 1090. The fourth-order valence-corrected chi connectivity index (χ4v) is 4.87. The van der Waals surface area contributed by atoms with Crippen molar-refractivity contribution >= 4 is 52.0 Å². The maximum absolute atomic E-state index is 13.0. The van der Waals surface area contributed by atoms with Gasteiger partial charge < -0.3 is 15.7 Å². The normalized spacial score (nSPS) is 11.5. The summed E-state index contributed by atoms with van der Waals surface area (Å²) in [5.41, 5.74) is 1.80. The van der Waals surface area contributed by atoms with Gasteiger partial charge in [0.2, 0.25) is 0 Å². The van der Waals surface area contributed by atoms with E-state index in [0.29, 0.717) is 34.7 Å². The Balaban J connectivity index is 1.80. The number of benzene rings is 2. The smallest absolute Gasteiger partial charge is 0.326 e. The van der Waals surface area contributed by atoms with Crippen LogP contribution in [-0.4, -0.2) is 40.3 Å². The molecule has 1 aromatic heterocycles. The largest absolute Gasteiger partial charge is 0.480 e. The van der Waals surface area contributed by atoms with Crippen LogP contribution in [0.5, 0.6) is 0 Å². The quantitative estimate of drug-likeness (QED) is 0.325. The van der Waals surface area contributed by atoms with Crippen LogP contribution in [0.2, 0.25) is 0 Å². The summed E-state index contributed by atoms with van der Waals surface area (Å²) in [5.74, 6) is -0.895. The molecule has 2 aromatic carbocycles. The van der Waals surface area contributed by atoms with E-state index in [9.17, 15) is 19.5 Å². The predicted octanol–water partition coefficient (Wildman–Crippen LogP) is 5.35. The average Bonchev–Trinajstić information content (AvgIpc) is 3.34. The van der Waals surface area contributed by atoms with E-state index in [0.717, 1.165) is 22.2 Å². The summed E-state index contributed by atoms with van der Waals surface area (Å²) in [6.45, 7) is 0.460. The molecule has 0 spiro atoms. The first-order valence-corrected chi connectivity index (χ1v) is 13.3. The first kappa shape index (κ1) is 24.9. The molecule has 3 rings (SSSR count). The Morgan fingerprint density at radius 2 is 1.85 bits per heavy atom. The summed E-state index contributed by atoms with van der Waals surface area (Å²) < 4.78 is 0. The molecule has 1 heterocycles. The number of amides is 2. The lowest BCUT2D eigenvalue weighted by Gasteiger charge is -2.16. The topological polar surface area (TPSA) is 95.5 Å². The Kier molecular flexibility index (Phi) is 9.41. The molecule has 0 radical (unpaired) electrons. The van der Waals surface area contributed by atoms with E-state index in [4.69, 9.17) is 0 Å². The van der Waals surface area contributed by atoms with Crippen LogP contribution in [0, 0.1) is 0 Å². The lowest BCUT2D eigenvalue weighted by Crippen LogP contribution is -2.41. The maximum atomic E-state index is 13.0. The molecule has 0 aliphatic heterocycles. The van der Waals surface area contributed by atoms with Crippen LogP contribution in [0.15, 0.2) is 70.9 Å². The number of aliphatic carboxylic acids is 1. The molecular weight excluding hydrogens is 476 g/mol. The Hall–Kier alpha value is -2.75. The van der Waals surface area contributed by atoms with Crippen molar-refractivity contribution < 1.29 is 19.5 Å². The molecule has 33 heavy (non-hydrogen) atoms. The molecule has 9 heteroatoms. The van der Waals surface area contributed by atoms with Crippen molar-refractivity contribution in [3.8, 4) is 11.1 Å². The van der Waals surface area contributed by atoms with E-state index in [1.54, 1.807) is 29.5 Å². The van der Waals surface area contributed by atoms with Gasteiger partial charge in [-0.15, -0.1) is 11.3 Å². The molecule has 0 fully saturated rings. The molecule has 6 nitrogen and oxygen atoms in total. The van der Waals surface area contributed by atoms with Crippen molar-refractivity contribution in [2.75, 3.05) is 12.0 Å². The first-order valence-electron chi connectivity index (χ1n) is 10.2. The molecule has 1 unspecified atom stereocenters. The van der Waals surface area contributed by atoms with Crippen LogP contribution >= 0.6 is 34.9 Å². The average molecular weight is 501 g/mol. The van der Waals surface area contributed by atoms with Crippen LogP contribution < -0.4 is 10.6 Å². The minimum Gasteiger partial charge on any atom is -0.480 e. The van der Waals surface area contributed by atoms with Crippen molar-refractivity contribution in [2.24, 2.45) is 0 Å². The number of rotatable bonds is 10. The second-order valence-corrected chi connectivity index (χ2v) is 10.1. The van der Waals surface area contributed by atoms with E-state index < -0.39 is 17.9 Å². The number of carbonyl (C=O) groups is 3. The summed E-state index contributed by atoms with van der Waals surface area (Å²) >= 11 is 4.15. The summed E-state index contributed by atoms with van der Waals surface area (Å²) in [4.78, 5) is 38.8. The van der Waals surface area contributed by atoms with Gasteiger partial charge in [-0.2, -0.15) is 11.8 Å². The van der Waals surface area contributed by atoms with Crippen LogP contribution in [0.25, 0.3) is 11.1 Å². The van der Waals surface area contributed by atoms with E-state index in [1.165, 1.54) is 11.8 Å². The van der Waals surface area contributed by atoms with Gasteiger partial charge in [0, 0.05) is 15.3 Å². The third kappa shape index (κ3) is 7.38. The number of hydrogen-bond acceptors (Lipinski definition) is 6. The summed E-state index contributed by atoms with van der Waals surface area (Å²) in [7, 11) is 0. The monoisotopic (exact) mass is 500 g/mol. The number of carboxylic acid groups (broad SMARTS) is 1. The van der Waals surface area contributed by atoms with Gasteiger partial charge in [-0.25, -0.2) is 4.79 Å². The van der Waals surface area contributed by atoms with Crippen LogP contribution in [0.4, 0.5) is 4.79 Å². The van der Waals surface area contributed by atoms with E-state index in [-0.39, 0.29) is 5.24 Å². The zero-order chi connectivity index (χ0) is 23.6. The second kappa shape index (κ2) is 12.5. The van der Waals surface area contributed by atoms with Gasteiger partial charge >= 0.3 is 5.97 Å². The molecule has 0 saturated heterocycles. The molecule has 1 atom stereocenters. The first-order chi connectivity index (χ1) is 16.0. The Morgan fingerprint density at radius 3 is 2.52 bits per heavy atom. The van der Waals surface area contributed by atoms with Crippen LogP contribution in [0.3, 0.4) is 0 Å². The fourth-order valence-electron chi connectivity index (χ4n) is 3.09. The van der Waals surface area contributed by atoms with Gasteiger partial charge in [0.05, 0.1) is 6.54 Å². The van der Waals surface area contributed by atoms with Crippen molar-refractivity contribution in [1.82, 2.24) is 10.6 Å². The van der Waals surface area contributed by atoms with E-state index >= 15 is 0 Å². The van der Waals surface area contributed by atoms with Gasteiger partial charge in [0.15, 0.2) is 0 Å². The highest BCUT2D eigenvalue weighted by atomic mass is 32.2. The summed E-state index contributed by atoms with van der Waals surface area (Å²) in [6, 6.07) is 17.4. The van der Waals surface area contributed by atoms with Crippen LogP contribution in [0.1, 0.15) is 21.7 Å². The number of nitrogens with one attached hydrogen (secondary N) is 2. The lowest BCUT2D eigenvalue weighted by molar-refractivity contribution is -0.139. The third-order valence-corrected chi connectivity index (χ3v) is 7.07. The van der Waals surface area contributed by atoms with Gasteiger partial charge in [-0.3, -0.25) is 9.59 Å². The van der Waals surface area contributed by atoms with Crippen molar-refractivity contribution in [2.45, 2.75) is 23.9 Å². The predicted molar refractivity (Wildman–Crippen MR) is 136 cm³/mol. The Labute approximate surface area is 205 Å². The minimum atomic E-state index is -1.06. The highest BCUT2D eigenvalue weighted by Crippen LogP contribution is 2.30. The molecule has 0 bridgehead atoms. The Morgan fingerprint density at radius 1 is 1.06 bits per heavy atom. The molecule has 2 amide bonds. The zero-order valence-corrected chi connectivity index (χ0v) is 20.4.